The summed E-state index contributed by atoms with van der Waals surface area (Å²) in [4.78, 5) is 15.5. The lowest BCUT2D eigenvalue weighted by molar-refractivity contribution is -0.110. The minimum absolute atomic E-state index is 0.108. The minimum Gasteiger partial charge on any atom is -0.385 e. The average molecular weight is 381 g/mol. The van der Waals surface area contributed by atoms with E-state index < -0.39 is 5.60 Å². The first-order valence-electron chi connectivity index (χ1n) is 10.8. The summed E-state index contributed by atoms with van der Waals surface area (Å²) >= 11 is 0. The number of piperidine rings is 1. The Bertz CT molecular complexity index is 828. The molecule has 1 aliphatic carbocycles. The van der Waals surface area contributed by atoms with Crippen LogP contribution < -0.4 is 0 Å². The Morgan fingerprint density at radius 3 is 2.71 bits per heavy atom. The second-order valence-corrected chi connectivity index (χ2v) is 8.59. The van der Waals surface area contributed by atoms with E-state index in [2.05, 4.69) is 24.1 Å². The Morgan fingerprint density at radius 1 is 1.21 bits per heavy atom. The second kappa shape index (κ2) is 7.75. The Kier molecular flexibility index (Phi) is 5.33. The number of likely N-dealkylation sites (tertiary alicyclic amines) is 1. The molecule has 3 atom stereocenters. The van der Waals surface area contributed by atoms with Gasteiger partial charge in [-0.05, 0) is 42.9 Å². The van der Waals surface area contributed by atoms with Gasteiger partial charge >= 0.3 is 0 Å². The molecule has 0 spiro atoms. The molecule has 28 heavy (non-hydrogen) atoms. The SMILES string of the molecule is CCCc1cc(C(=O)N2CC[C@@](O)(c3ccccc3)[C@@H]3CCCC[C@H]32)n(C)c1. The summed E-state index contributed by atoms with van der Waals surface area (Å²) in [6.07, 6.45) is 8.99. The van der Waals surface area contributed by atoms with Gasteiger partial charge in [0.05, 0.1) is 5.60 Å². The van der Waals surface area contributed by atoms with Crippen LogP contribution in [0.5, 0.6) is 0 Å². The molecule has 1 N–H and O–H groups in total. The lowest BCUT2D eigenvalue weighted by Gasteiger charge is -2.52. The number of aromatic nitrogens is 1. The maximum Gasteiger partial charge on any atom is 0.270 e. The number of carbonyl (C=O) groups is 1. The van der Waals surface area contributed by atoms with Gasteiger partial charge in [-0.25, -0.2) is 0 Å². The number of hydrogen-bond acceptors (Lipinski definition) is 2. The average Bonchev–Trinajstić information content (AvgIpc) is 3.09. The topological polar surface area (TPSA) is 45.5 Å². The molecular weight excluding hydrogens is 348 g/mol. The number of nitrogens with zero attached hydrogens (tertiary/aromatic N) is 2. The van der Waals surface area contributed by atoms with E-state index in [4.69, 9.17) is 0 Å². The summed E-state index contributed by atoms with van der Waals surface area (Å²) in [7, 11) is 1.97. The number of benzene rings is 1. The van der Waals surface area contributed by atoms with Crippen molar-refractivity contribution >= 4 is 5.91 Å². The van der Waals surface area contributed by atoms with E-state index >= 15 is 0 Å². The Morgan fingerprint density at radius 2 is 1.96 bits per heavy atom. The van der Waals surface area contributed by atoms with Gasteiger partial charge in [0.25, 0.3) is 5.91 Å². The highest BCUT2D eigenvalue weighted by Gasteiger charge is 2.50. The summed E-state index contributed by atoms with van der Waals surface area (Å²) < 4.78 is 1.98. The van der Waals surface area contributed by atoms with Gasteiger partial charge in [-0.1, -0.05) is 56.5 Å². The zero-order chi connectivity index (χ0) is 19.7. The monoisotopic (exact) mass is 380 g/mol. The Hall–Kier alpha value is -2.07. The molecule has 150 valence electrons. The first-order chi connectivity index (χ1) is 13.5. The molecule has 2 heterocycles. The molecule has 0 unspecified atom stereocenters. The lowest BCUT2D eigenvalue weighted by atomic mass is 9.66. The molecule has 1 aromatic carbocycles. The second-order valence-electron chi connectivity index (χ2n) is 8.59. The van der Waals surface area contributed by atoms with E-state index in [0.717, 1.165) is 49.8 Å². The van der Waals surface area contributed by atoms with Crippen molar-refractivity contribution in [2.24, 2.45) is 13.0 Å². The van der Waals surface area contributed by atoms with E-state index in [1.807, 2.05) is 41.9 Å². The fourth-order valence-electron chi connectivity index (χ4n) is 5.44. The molecule has 1 aliphatic heterocycles. The Labute approximate surface area is 168 Å². The highest BCUT2D eigenvalue weighted by atomic mass is 16.3. The number of fused-ring (bicyclic) bond motifs is 1. The quantitative estimate of drug-likeness (QED) is 0.861. The normalized spacial score (nSPS) is 27.5. The summed E-state index contributed by atoms with van der Waals surface area (Å²) in [6, 6.07) is 12.2. The van der Waals surface area contributed by atoms with Crippen LogP contribution in [0.2, 0.25) is 0 Å². The molecule has 4 rings (SSSR count). The molecule has 1 aromatic heterocycles. The molecule has 1 saturated carbocycles. The smallest absolute Gasteiger partial charge is 0.270 e. The molecule has 1 saturated heterocycles. The molecule has 2 aromatic rings. The van der Waals surface area contributed by atoms with Gasteiger partial charge in [0, 0.05) is 31.7 Å². The van der Waals surface area contributed by atoms with E-state index in [-0.39, 0.29) is 17.9 Å². The lowest BCUT2D eigenvalue weighted by Crippen LogP contribution is -2.59. The zero-order valence-corrected chi connectivity index (χ0v) is 17.1. The standard InChI is InChI=1S/C24H32N2O2/c1-3-9-18-16-22(25(2)17-18)23(27)26-15-14-24(28,19-10-5-4-6-11-19)20-12-7-8-13-21(20)26/h4-6,10-11,16-17,20-21,28H,3,7-9,12-15H2,1-2H3/t20-,21-,24-/m1/s1. The van der Waals surface area contributed by atoms with Crippen LogP contribution in [0.25, 0.3) is 0 Å². The van der Waals surface area contributed by atoms with Crippen LogP contribution in [0.15, 0.2) is 42.6 Å². The fraction of sp³-hybridized carbons (Fsp3) is 0.542. The van der Waals surface area contributed by atoms with Crippen LogP contribution in [0.1, 0.15) is 67.1 Å². The van der Waals surface area contributed by atoms with Gasteiger partial charge in [0.1, 0.15) is 5.69 Å². The third kappa shape index (κ3) is 3.28. The molecule has 2 aliphatic rings. The third-order valence-electron chi connectivity index (χ3n) is 6.83. The van der Waals surface area contributed by atoms with Crippen LogP contribution in [-0.4, -0.2) is 33.1 Å². The highest BCUT2D eigenvalue weighted by Crippen LogP contribution is 2.47. The van der Waals surface area contributed by atoms with Crippen molar-refractivity contribution in [2.45, 2.75) is 63.5 Å². The zero-order valence-electron chi connectivity index (χ0n) is 17.1. The minimum atomic E-state index is -0.829. The van der Waals surface area contributed by atoms with Gasteiger partial charge in [-0.15, -0.1) is 0 Å². The van der Waals surface area contributed by atoms with Crippen LogP contribution in [0.3, 0.4) is 0 Å². The van der Waals surface area contributed by atoms with Gasteiger partial charge in [0.15, 0.2) is 0 Å². The molecule has 4 heteroatoms. The van der Waals surface area contributed by atoms with Crippen molar-refractivity contribution in [1.29, 1.82) is 0 Å². The summed E-state index contributed by atoms with van der Waals surface area (Å²) in [6.45, 7) is 2.77. The van der Waals surface area contributed by atoms with Crippen molar-refractivity contribution in [3.05, 3.63) is 59.4 Å². The molecular formula is C24H32N2O2. The number of hydrogen-bond donors (Lipinski definition) is 1. The maximum absolute atomic E-state index is 13.5. The predicted molar refractivity (Wildman–Crippen MR) is 111 cm³/mol. The molecule has 2 fully saturated rings. The van der Waals surface area contributed by atoms with Gasteiger partial charge in [0.2, 0.25) is 0 Å². The van der Waals surface area contributed by atoms with Crippen LogP contribution >= 0.6 is 0 Å². The fourth-order valence-corrected chi connectivity index (χ4v) is 5.44. The molecule has 0 radical (unpaired) electrons. The molecule has 4 nitrogen and oxygen atoms in total. The van der Waals surface area contributed by atoms with Gasteiger partial charge in [-0.3, -0.25) is 4.79 Å². The summed E-state index contributed by atoms with van der Waals surface area (Å²) in [5, 5.41) is 11.7. The number of amides is 1. The highest BCUT2D eigenvalue weighted by molar-refractivity contribution is 5.93. The number of aryl methyl sites for hydroxylation is 2. The number of aliphatic hydroxyl groups is 1. The van der Waals surface area contributed by atoms with Crippen molar-refractivity contribution in [2.75, 3.05) is 6.54 Å². The van der Waals surface area contributed by atoms with Gasteiger partial charge < -0.3 is 14.6 Å². The maximum atomic E-state index is 13.5. The largest absolute Gasteiger partial charge is 0.385 e. The van der Waals surface area contributed by atoms with Crippen molar-refractivity contribution in [1.82, 2.24) is 9.47 Å². The number of rotatable bonds is 4. The molecule has 0 bridgehead atoms. The molecule has 1 amide bonds. The first-order valence-corrected chi connectivity index (χ1v) is 10.8. The van der Waals surface area contributed by atoms with Crippen molar-refractivity contribution in [3.8, 4) is 0 Å². The van der Waals surface area contributed by atoms with Crippen molar-refractivity contribution in [3.63, 3.8) is 0 Å². The Balaban J connectivity index is 1.63. The first kappa shape index (κ1) is 19.3. The predicted octanol–water partition coefficient (Wildman–Crippen LogP) is 4.27. The van der Waals surface area contributed by atoms with Gasteiger partial charge in [-0.2, -0.15) is 0 Å². The van der Waals surface area contributed by atoms with Crippen LogP contribution in [0.4, 0.5) is 0 Å². The van der Waals surface area contributed by atoms with E-state index in [9.17, 15) is 9.90 Å². The van der Waals surface area contributed by atoms with E-state index in [1.54, 1.807) is 0 Å². The summed E-state index contributed by atoms with van der Waals surface area (Å²) in [5.41, 5.74) is 2.18. The van der Waals surface area contributed by atoms with Crippen LogP contribution in [-0.2, 0) is 19.1 Å². The van der Waals surface area contributed by atoms with Crippen molar-refractivity contribution < 1.29 is 9.90 Å². The van der Waals surface area contributed by atoms with E-state index in [1.165, 1.54) is 5.56 Å². The number of carbonyl (C=O) groups excluding carboxylic acids is 1. The van der Waals surface area contributed by atoms with Crippen LogP contribution in [0, 0.1) is 5.92 Å². The third-order valence-corrected chi connectivity index (χ3v) is 6.83. The van der Waals surface area contributed by atoms with E-state index in [0.29, 0.717) is 13.0 Å². The summed E-state index contributed by atoms with van der Waals surface area (Å²) in [5.74, 6) is 0.230.